The first-order chi connectivity index (χ1) is 66.8. The fourth-order valence-electron chi connectivity index (χ4n) is 17.0. The van der Waals surface area contributed by atoms with Gasteiger partial charge >= 0.3 is 41.2 Å². The molecule has 16 rings (SSSR count). The molecule has 0 aliphatic heterocycles. The molecule has 750 valence electrons. The first-order valence-electron chi connectivity index (χ1n) is 43.3. The van der Waals surface area contributed by atoms with Crippen molar-refractivity contribution in [2.24, 2.45) is 62.0 Å². The van der Waals surface area contributed by atoms with Crippen molar-refractivity contribution in [3.05, 3.63) is 306 Å². The van der Waals surface area contributed by atoms with E-state index < -0.39 is 132 Å². The molecule has 4 aliphatic carbocycles. The Labute approximate surface area is 829 Å². The summed E-state index contributed by atoms with van der Waals surface area (Å²) in [7, 11) is -16.6. The molecule has 15 atom stereocenters. The largest absolute Gasteiger partial charge is 0.393 e. The highest BCUT2D eigenvalue weighted by atomic mass is 79.9. The van der Waals surface area contributed by atoms with E-state index >= 15 is 0 Å². The number of nitrogens with one attached hydrogen (secondary N) is 1. The highest BCUT2D eigenvalue weighted by Gasteiger charge is 2.46. The van der Waals surface area contributed by atoms with Crippen molar-refractivity contribution < 1.29 is 108 Å². The molecule has 0 saturated heterocycles. The molecule has 8 aromatic heterocycles. The van der Waals surface area contributed by atoms with Crippen LogP contribution in [0.3, 0.4) is 0 Å². The van der Waals surface area contributed by atoms with Gasteiger partial charge in [-0.1, -0.05) is 93.2 Å². The summed E-state index contributed by atoms with van der Waals surface area (Å²) < 4.78 is 156. The Bertz CT molecular complexity index is 6770. The van der Waals surface area contributed by atoms with Gasteiger partial charge in [-0.2, -0.15) is 49.0 Å². The summed E-state index contributed by atoms with van der Waals surface area (Å²) in [5, 5.41) is 88.0. The third-order valence-corrected chi connectivity index (χ3v) is 27.5. The van der Waals surface area contributed by atoms with Crippen molar-refractivity contribution in [1.82, 2.24) is 73.8 Å². The van der Waals surface area contributed by atoms with Crippen LogP contribution in [0.15, 0.2) is 195 Å². The van der Waals surface area contributed by atoms with Crippen LogP contribution < -0.4 is 25.9 Å². The molecule has 41 nitrogen and oxygen atoms in total. The molecule has 4 aromatic carbocycles. The number of rotatable bonds is 36. The monoisotopic (exact) mass is 2150 g/mol. The third-order valence-electron chi connectivity index (χ3n) is 24.1. The van der Waals surface area contributed by atoms with Crippen molar-refractivity contribution in [2.75, 3.05) is 31.7 Å². The minimum atomic E-state index is -4.23. The zero-order valence-corrected chi connectivity index (χ0v) is 81.6. The zero-order valence-electron chi connectivity index (χ0n) is 74.4. The number of aliphatic hydroxyl groups is 5. The molecule has 4 aliphatic rings. The van der Waals surface area contributed by atoms with Crippen LogP contribution in [-0.2, 0) is 96.8 Å². The van der Waals surface area contributed by atoms with E-state index in [0.29, 0.717) is 83.9 Å². The van der Waals surface area contributed by atoms with Crippen LogP contribution in [0, 0.1) is 53.1 Å². The van der Waals surface area contributed by atoms with Crippen LogP contribution in [0.2, 0.25) is 15.1 Å². The van der Waals surface area contributed by atoms with Gasteiger partial charge in [-0.25, -0.2) is 73.6 Å². The van der Waals surface area contributed by atoms with E-state index in [4.69, 9.17) is 55.4 Å². The third kappa shape index (κ3) is 29.9. The van der Waals surface area contributed by atoms with Gasteiger partial charge in [0.25, 0.3) is 0 Å². The van der Waals surface area contributed by atoms with Gasteiger partial charge in [-0.05, 0) is 166 Å². The van der Waals surface area contributed by atoms with Gasteiger partial charge in [0, 0.05) is 110 Å². The first kappa shape index (κ1) is 107. The first-order valence-corrected chi connectivity index (χ1v) is 51.1. The van der Waals surface area contributed by atoms with Gasteiger partial charge in [-0.3, -0.25) is 50.0 Å². The van der Waals surface area contributed by atoms with Gasteiger partial charge in [0.05, 0.1) is 128 Å². The summed E-state index contributed by atoms with van der Waals surface area (Å²) in [4.78, 5) is 85.6. The molecule has 4 saturated carbocycles. The maximum Gasteiger partial charge on any atom is 0.333 e. The van der Waals surface area contributed by atoms with Gasteiger partial charge in [-0.15, -0.1) is 0 Å². The highest BCUT2D eigenvalue weighted by molar-refractivity contribution is 9.10. The second-order valence-electron chi connectivity index (χ2n) is 34.1. The Morgan fingerprint density at radius 1 is 0.475 bits per heavy atom. The average molecular weight is 2150 g/mol. The normalized spacial score (nSPS) is 21.5. The Balaban J connectivity index is 0.000000158. The van der Waals surface area contributed by atoms with Crippen LogP contribution >= 0.6 is 50.7 Å². The van der Waals surface area contributed by atoms with E-state index in [1.54, 1.807) is 78.1 Å². The summed E-state index contributed by atoms with van der Waals surface area (Å²) >= 11 is 21.6. The standard InChI is InChI=1S/C23H25BrFN5O5S.2C22H23ClFN5O5S.C22H24ClN5O6S/c1-13(14-3-2-4-17(24)7-14)30-6-5-15(10-30)21(31)18-9-27-12-28-23(18)29-19-8-16(22(32)20(19)25)11-35-36(26,33)34;23-18-8-16(24)2-1-14(18)10-29-4-3-19(28-29)22(31)17-9-26-12-27-20(17)6-13-5-15(21(30)7-13)11-34-35(25,32)33;23-16-2-1-14(18(24)8-16)10-29-4-3-19(28-29)22(31)17-9-26-12-27-20(17)6-13-5-15(21(30)7-13)11-34-35(25,32)33;23-17-4-2-1-3-13(17)10-28-6-5-18(27-28)22(31)16-9-25-12-26-19(16)8-14-7-15(21(30)20(14)29)11-34-35(24,32)33/h2-7,9-10,12-13,16,19-20,22,32H,8,11H2,1H3,(H2,26,33,34)(H,27,28,29);2*1-4,8-9,12-13,15,21,30H,5-7,10-11H2,(H2,25,32,33);1-6,9,12,14-15,20-21,29-30H,7-8,10-11H2,(H2,24,32,33)/t13?,16-,19-,20-,22-;2*13-,15+,21-;14-,15+,20-,21+/m1000/s1. The molecule has 0 bridgehead atoms. The quantitative estimate of drug-likeness (QED) is 0.0175. The van der Waals surface area contributed by atoms with Crippen molar-refractivity contribution in [2.45, 2.75) is 133 Å². The van der Waals surface area contributed by atoms with E-state index in [9.17, 15) is 91.6 Å². The van der Waals surface area contributed by atoms with Gasteiger partial charge in [0.2, 0.25) is 17.3 Å². The maximum atomic E-state index is 14.8. The number of alkyl halides is 1. The van der Waals surface area contributed by atoms with Crippen LogP contribution in [0.4, 0.5) is 19.0 Å². The van der Waals surface area contributed by atoms with E-state index in [1.807, 2.05) is 54.0 Å². The molecule has 0 radical (unpaired) electrons. The SMILES string of the molecule is CC(c1cccc(Br)c1)n1ccc(C(=O)c2cncnc2N[C@@H]2C[C@H](COS(N)(=O)=O)[C@@H](O)[C@@H]2F)c1.NS(=O)(=O)OC[C@H]1C[C@@H](Cc2ncncc2C(=O)c2ccn(Cc3ccc(Cl)cc3F)n2)C[C@@H]1O.NS(=O)(=O)OC[C@H]1C[C@@H](Cc2ncncc2C(=O)c2ccn(Cc3ccc(F)cc3Cl)n2)C[C@@H]1O.NS(=O)(=O)OC[C@H]1C[C@@H](Cc2ncncc2C(=O)c2ccn(Cc3ccccc3Cl)n2)[C@H](O)[C@@H]1O. The minimum absolute atomic E-state index is 0.0302. The van der Waals surface area contributed by atoms with E-state index in [-0.39, 0.29) is 148 Å². The van der Waals surface area contributed by atoms with Crippen LogP contribution in [0.1, 0.15) is 155 Å². The Kier molecular flexibility index (Phi) is 36.1. The van der Waals surface area contributed by atoms with Crippen molar-refractivity contribution in [3.63, 3.8) is 0 Å². The lowest BCUT2D eigenvalue weighted by Gasteiger charge is -2.18. The molecule has 0 spiro atoms. The topological polar surface area (TPSA) is 621 Å². The summed E-state index contributed by atoms with van der Waals surface area (Å²) in [5.41, 5.74) is 6.18. The molecule has 141 heavy (non-hydrogen) atoms. The number of nitrogens with two attached hydrogens (primary N) is 4. The van der Waals surface area contributed by atoms with Crippen molar-refractivity contribution in [3.8, 4) is 0 Å². The average Bonchev–Trinajstić information content (AvgIpc) is 1.72. The summed E-state index contributed by atoms with van der Waals surface area (Å²) in [5.74, 6) is -5.13. The minimum Gasteiger partial charge on any atom is -0.393 e. The van der Waals surface area contributed by atoms with E-state index in [0.717, 1.165) is 15.6 Å². The number of hydrogen-bond acceptors (Lipinski definition) is 33. The molecule has 0 amide bonds. The van der Waals surface area contributed by atoms with Crippen LogP contribution in [-0.4, -0.2) is 225 Å². The lowest BCUT2D eigenvalue weighted by molar-refractivity contribution is -0.00334. The van der Waals surface area contributed by atoms with E-state index in [2.05, 4.69) is 93.1 Å². The molecule has 14 N–H and O–H groups in total. The van der Waals surface area contributed by atoms with Crippen molar-refractivity contribution in [1.29, 1.82) is 0 Å². The van der Waals surface area contributed by atoms with Crippen molar-refractivity contribution >= 4 is 121 Å². The Morgan fingerprint density at radius 3 is 1.40 bits per heavy atom. The predicted molar refractivity (Wildman–Crippen MR) is 504 cm³/mol. The lowest BCUT2D eigenvalue weighted by atomic mass is 9.95. The molecular weight excluding hydrogens is 2060 g/mol. The number of benzene rings is 4. The Morgan fingerprint density at radius 2 is 0.922 bits per heavy atom. The fraction of sp³-hybridized carbons (Fsp3) is 0.360. The number of carbonyl (C=O) groups excluding carboxylic acids is 4. The molecule has 12 aromatic rings. The molecule has 1 unspecified atom stereocenters. The summed E-state index contributed by atoms with van der Waals surface area (Å²) in [6, 6.07) is 29.1. The number of carbonyl (C=O) groups is 4. The maximum absolute atomic E-state index is 14.8. The molecular formula is C89H95BrCl3F3N20O21S4. The summed E-state index contributed by atoms with van der Waals surface area (Å²) in [6.07, 6.45) is 15.1. The zero-order chi connectivity index (χ0) is 102. The molecule has 4 fully saturated rings. The summed E-state index contributed by atoms with van der Waals surface area (Å²) in [6.45, 7) is 1.54. The number of anilines is 1. The van der Waals surface area contributed by atoms with Crippen LogP contribution in [0.25, 0.3) is 0 Å². The highest BCUT2D eigenvalue weighted by Crippen LogP contribution is 2.40. The van der Waals surface area contributed by atoms with Gasteiger partial charge in [0.15, 0.2) is 5.78 Å². The predicted octanol–water partition coefficient (Wildman–Crippen LogP) is 7.12. The van der Waals surface area contributed by atoms with Crippen LogP contribution in [0.5, 0.6) is 0 Å². The number of aliphatic hydroxyl groups excluding tert-OH is 5. The second-order valence-corrected chi connectivity index (χ2v) is 41.1. The lowest BCUT2D eigenvalue weighted by Crippen LogP contribution is -2.33. The number of nitrogens with zero attached hydrogens (tertiary/aromatic N) is 15. The number of halogens is 7. The smallest absolute Gasteiger partial charge is 0.333 e. The fourth-order valence-corrected chi connectivity index (χ4v) is 19.5. The number of aromatic nitrogens is 15. The van der Waals surface area contributed by atoms with E-state index in [1.165, 1.54) is 83.7 Å². The Hall–Kier alpha value is -11.0. The second kappa shape index (κ2) is 47.5. The molecule has 8 heterocycles. The van der Waals surface area contributed by atoms with Gasteiger partial charge < -0.3 is 35.4 Å². The number of hydrogen-bond donors (Lipinski definition) is 10. The molecule has 52 heteroatoms. The number of ketones is 4. The van der Waals surface area contributed by atoms with Gasteiger partial charge in [0.1, 0.15) is 66.0 Å².